The summed E-state index contributed by atoms with van der Waals surface area (Å²) in [5.74, 6) is 0.656. The Bertz CT molecular complexity index is 1240. The molecule has 2 aliphatic rings. The lowest BCUT2D eigenvalue weighted by atomic mass is 9.88. The number of H-pyrrole nitrogens is 1. The van der Waals surface area contributed by atoms with Crippen LogP contribution in [0.1, 0.15) is 95.0 Å². The predicted molar refractivity (Wildman–Crippen MR) is 161 cm³/mol. The minimum Gasteiger partial charge on any atom is -0.343 e. The van der Waals surface area contributed by atoms with Crippen LogP contribution in [0.15, 0.2) is 36.4 Å². The minimum atomic E-state index is -0.866. The summed E-state index contributed by atoms with van der Waals surface area (Å²) in [6.07, 6.45) is 7.09. The molecule has 2 aromatic rings. The molecule has 9 nitrogen and oxygen atoms in total. The monoisotopic (exact) mass is 562 g/mol. The summed E-state index contributed by atoms with van der Waals surface area (Å²) in [6.45, 7) is 10.5. The number of benzene rings is 1. The summed E-state index contributed by atoms with van der Waals surface area (Å²) in [7, 11) is 1.70. The number of nitrogens with one attached hydrogen (secondary N) is 3. The third-order valence-electron chi connectivity index (χ3n) is 8.20. The van der Waals surface area contributed by atoms with Gasteiger partial charge in [-0.25, -0.2) is 4.98 Å². The molecular formula is C32H46N6O3. The summed E-state index contributed by atoms with van der Waals surface area (Å²) in [5, 5.41) is 6.07. The highest BCUT2D eigenvalue weighted by Gasteiger charge is 2.41. The summed E-state index contributed by atoms with van der Waals surface area (Å²) in [6, 6.07) is 8.81. The van der Waals surface area contributed by atoms with Crippen LogP contribution in [0.2, 0.25) is 0 Å². The van der Waals surface area contributed by atoms with Gasteiger partial charge in [0.1, 0.15) is 11.9 Å². The van der Waals surface area contributed by atoms with Gasteiger partial charge in [0.05, 0.1) is 23.5 Å². The molecule has 0 saturated carbocycles. The lowest BCUT2D eigenvalue weighted by Crippen LogP contribution is -2.57. The second-order valence-electron chi connectivity index (χ2n) is 11.9. The minimum absolute atomic E-state index is 0.0302. The van der Waals surface area contributed by atoms with Crippen molar-refractivity contribution < 1.29 is 14.4 Å². The van der Waals surface area contributed by atoms with Gasteiger partial charge in [0.2, 0.25) is 17.7 Å². The molecule has 1 aliphatic heterocycles. The van der Waals surface area contributed by atoms with Crippen LogP contribution in [0.3, 0.4) is 0 Å². The van der Waals surface area contributed by atoms with Crippen molar-refractivity contribution >= 4 is 23.8 Å². The number of allylic oxidation sites excluding steroid dienone is 1. The molecule has 5 atom stereocenters. The number of aromatic nitrogens is 2. The van der Waals surface area contributed by atoms with Crippen molar-refractivity contribution in [1.82, 2.24) is 30.4 Å². The van der Waals surface area contributed by atoms with E-state index in [1.54, 1.807) is 18.9 Å². The van der Waals surface area contributed by atoms with Crippen molar-refractivity contribution in [3.8, 4) is 0 Å². The van der Waals surface area contributed by atoms with Gasteiger partial charge in [-0.05, 0) is 57.2 Å². The average molecular weight is 563 g/mol. The van der Waals surface area contributed by atoms with Gasteiger partial charge in [-0.3, -0.25) is 14.4 Å². The SMILES string of the molecule is CCN[C@@H](C)C(=O)N[C@@H](CN(C)C(=O)CC(C)C)C(=O)N1C(C)CC[C@H]1c1nc2c([nH]1)C(c1ccccc1)CC=C2. The lowest BCUT2D eigenvalue weighted by Gasteiger charge is -2.34. The van der Waals surface area contributed by atoms with Crippen LogP contribution in [0.5, 0.6) is 0 Å². The highest BCUT2D eigenvalue weighted by atomic mass is 16.2. The first-order valence-corrected chi connectivity index (χ1v) is 15.0. The quantitative estimate of drug-likeness (QED) is 0.384. The molecule has 0 bridgehead atoms. The van der Waals surface area contributed by atoms with Gasteiger partial charge < -0.3 is 25.4 Å². The third-order valence-corrected chi connectivity index (χ3v) is 8.20. The zero-order valence-electron chi connectivity index (χ0n) is 25.3. The van der Waals surface area contributed by atoms with Crippen molar-refractivity contribution in [3.05, 3.63) is 59.2 Å². The second kappa shape index (κ2) is 13.5. The summed E-state index contributed by atoms with van der Waals surface area (Å²) >= 11 is 0. The molecule has 1 aromatic heterocycles. The molecule has 1 saturated heterocycles. The standard InChI is InChI=1S/C32H46N6O3/c1-7-33-22(5)31(40)35-26(19-37(6)28(39)18-20(2)3)32(41)38-21(4)16-17-27(38)30-34-25-15-11-14-24(29(25)36-30)23-12-9-8-10-13-23/h8-13,15,20-22,24,26-27,33H,7,14,16-19H2,1-6H3,(H,34,36)(H,35,40)/t21?,22-,24?,26-,27-/m0/s1. The Morgan fingerprint density at radius 1 is 1.15 bits per heavy atom. The van der Waals surface area contributed by atoms with Gasteiger partial charge in [0.25, 0.3) is 0 Å². The number of amides is 3. The van der Waals surface area contributed by atoms with E-state index in [1.807, 2.05) is 38.7 Å². The maximum Gasteiger partial charge on any atom is 0.247 e. The molecule has 0 spiro atoms. The Morgan fingerprint density at radius 3 is 2.56 bits per heavy atom. The van der Waals surface area contributed by atoms with E-state index in [0.29, 0.717) is 13.0 Å². The number of aromatic amines is 1. The fourth-order valence-electron chi connectivity index (χ4n) is 5.96. The van der Waals surface area contributed by atoms with Crippen molar-refractivity contribution in [2.75, 3.05) is 20.1 Å². The van der Waals surface area contributed by atoms with E-state index in [-0.39, 0.29) is 48.2 Å². The van der Waals surface area contributed by atoms with Crippen molar-refractivity contribution in [2.24, 2.45) is 5.92 Å². The molecule has 2 heterocycles. The Hall–Kier alpha value is -3.46. The summed E-state index contributed by atoms with van der Waals surface area (Å²) in [5.41, 5.74) is 3.21. The molecule has 0 radical (unpaired) electrons. The molecular weight excluding hydrogens is 516 g/mol. The molecule has 41 heavy (non-hydrogen) atoms. The number of likely N-dealkylation sites (tertiary alicyclic amines) is 1. The van der Waals surface area contributed by atoms with E-state index >= 15 is 0 Å². The number of carbonyl (C=O) groups is 3. The fourth-order valence-corrected chi connectivity index (χ4v) is 5.96. The van der Waals surface area contributed by atoms with Crippen molar-refractivity contribution in [3.63, 3.8) is 0 Å². The van der Waals surface area contributed by atoms with E-state index in [9.17, 15) is 14.4 Å². The number of hydrogen-bond donors (Lipinski definition) is 3. The molecule has 1 fully saturated rings. The highest BCUT2D eigenvalue weighted by molar-refractivity contribution is 5.91. The van der Waals surface area contributed by atoms with Crippen molar-refractivity contribution in [1.29, 1.82) is 0 Å². The van der Waals surface area contributed by atoms with Crippen LogP contribution in [0.4, 0.5) is 0 Å². The Labute approximate surface area is 244 Å². The number of imidazole rings is 1. The Morgan fingerprint density at radius 2 is 1.88 bits per heavy atom. The number of nitrogens with zero attached hydrogens (tertiary/aromatic N) is 3. The Kier molecular flexibility index (Phi) is 10.0. The van der Waals surface area contributed by atoms with E-state index in [2.05, 4.69) is 52.0 Å². The first-order valence-electron chi connectivity index (χ1n) is 15.0. The topological polar surface area (TPSA) is 110 Å². The van der Waals surface area contributed by atoms with Gasteiger partial charge in [-0.2, -0.15) is 0 Å². The van der Waals surface area contributed by atoms with Crippen LogP contribution >= 0.6 is 0 Å². The van der Waals surface area contributed by atoms with E-state index in [4.69, 9.17) is 4.98 Å². The largest absolute Gasteiger partial charge is 0.343 e. The molecule has 2 unspecified atom stereocenters. The summed E-state index contributed by atoms with van der Waals surface area (Å²) in [4.78, 5) is 52.2. The summed E-state index contributed by atoms with van der Waals surface area (Å²) < 4.78 is 0. The van der Waals surface area contributed by atoms with Gasteiger partial charge in [-0.1, -0.05) is 57.2 Å². The number of rotatable bonds is 11. The molecule has 3 amide bonds. The molecule has 4 rings (SSSR count). The smallest absolute Gasteiger partial charge is 0.247 e. The normalized spacial score (nSPS) is 21.4. The number of fused-ring (bicyclic) bond motifs is 1. The fraction of sp³-hybridized carbons (Fsp3) is 0.562. The highest BCUT2D eigenvalue weighted by Crippen LogP contribution is 2.39. The van der Waals surface area contributed by atoms with Gasteiger partial charge >= 0.3 is 0 Å². The van der Waals surface area contributed by atoms with Gasteiger partial charge in [0.15, 0.2) is 0 Å². The first-order chi connectivity index (χ1) is 19.6. The van der Waals surface area contributed by atoms with Crippen LogP contribution in [0.25, 0.3) is 6.08 Å². The first kappa shape index (κ1) is 30.5. The molecule has 9 heteroatoms. The lowest BCUT2D eigenvalue weighted by molar-refractivity contribution is -0.141. The van der Waals surface area contributed by atoms with Gasteiger partial charge in [-0.15, -0.1) is 0 Å². The van der Waals surface area contributed by atoms with Crippen molar-refractivity contribution in [2.45, 2.75) is 90.4 Å². The van der Waals surface area contributed by atoms with E-state index < -0.39 is 12.1 Å². The molecule has 1 aromatic carbocycles. The molecule has 1 aliphatic carbocycles. The average Bonchev–Trinajstić information content (AvgIpc) is 3.55. The van der Waals surface area contributed by atoms with Crippen LogP contribution in [-0.2, 0) is 14.4 Å². The van der Waals surface area contributed by atoms with Crippen LogP contribution in [0, 0.1) is 5.92 Å². The molecule has 3 N–H and O–H groups in total. The zero-order chi connectivity index (χ0) is 29.7. The number of likely N-dealkylation sites (N-methyl/N-ethyl adjacent to an activating group) is 2. The maximum atomic E-state index is 14.3. The van der Waals surface area contributed by atoms with Crippen LogP contribution < -0.4 is 10.6 Å². The Balaban J connectivity index is 1.60. The van der Waals surface area contributed by atoms with E-state index in [1.165, 1.54) is 5.56 Å². The molecule has 222 valence electrons. The second-order valence-corrected chi connectivity index (χ2v) is 11.9. The number of hydrogen-bond acceptors (Lipinski definition) is 5. The van der Waals surface area contributed by atoms with E-state index in [0.717, 1.165) is 36.5 Å². The van der Waals surface area contributed by atoms with Crippen LogP contribution in [-0.4, -0.2) is 75.8 Å². The third kappa shape index (κ3) is 7.07. The number of carbonyl (C=O) groups excluding carboxylic acids is 3. The maximum absolute atomic E-state index is 14.3. The zero-order valence-corrected chi connectivity index (χ0v) is 25.3. The van der Waals surface area contributed by atoms with Gasteiger partial charge in [0, 0.05) is 32.0 Å². The predicted octanol–water partition coefficient (Wildman–Crippen LogP) is 4.00.